The summed E-state index contributed by atoms with van der Waals surface area (Å²) in [5, 5.41) is 5.72. The molecule has 2 heterocycles. The van der Waals surface area contributed by atoms with Gasteiger partial charge in [0.25, 0.3) is 5.91 Å². The number of nitrogens with one attached hydrogen (secondary N) is 2. The number of hydrogen-bond donors (Lipinski definition) is 2. The van der Waals surface area contributed by atoms with Gasteiger partial charge in [-0.2, -0.15) is 9.77 Å². The van der Waals surface area contributed by atoms with Crippen molar-refractivity contribution in [1.29, 1.82) is 0 Å². The van der Waals surface area contributed by atoms with E-state index in [0.717, 1.165) is 17.5 Å². The third kappa shape index (κ3) is 2.44. The lowest BCUT2D eigenvalue weighted by Gasteiger charge is -2.08. The quantitative estimate of drug-likeness (QED) is 0.843. The van der Waals surface area contributed by atoms with E-state index in [1.54, 1.807) is 6.20 Å². The highest BCUT2D eigenvalue weighted by Gasteiger charge is 2.21. The Labute approximate surface area is 114 Å². The first kappa shape index (κ1) is 12.5. The molecule has 8 nitrogen and oxygen atoms in total. The van der Waals surface area contributed by atoms with Crippen LogP contribution < -0.4 is 11.1 Å². The molecule has 0 bridgehead atoms. The van der Waals surface area contributed by atoms with Gasteiger partial charge in [0.2, 0.25) is 0 Å². The van der Waals surface area contributed by atoms with Crippen LogP contribution in [0.15, 0.2) is 23.4 Å². The number of H-pyrrole nitrogens is 1. The largest absolute Gasteiger partial charge is 0.362 e. The van der Waals surface area contributed by atoms with Gasteiger partial charge in [0.05, 0.1) is 0 Å². The number of carbonyl (C=O) groups excluding carboxylic acids is 1. The van der Waals surface area contributed by atoms with E-state index < -0.39 is 11.6 Å². The molecule has 3 rings (SSSR count). The van der Waals surface area contributed by atoms with E-state index in [-0.39, 0.29) is 5.69 Å². The molecule has 0 aromatic carbocycles. The summed E-state index contributed by atoms with van der Waals surface area (Å²) in [6.45, 7) is 0. The fraction of sp³-hybridized carbons (Fsp3) is 0.417. The van der Waals surface area contributed by atoms with Gasteiger partial charge in [-0.15, -0.1) is 0 Å². The highest BCUT2D eigenvalue weighted by Crippen LogP contribution is 2.31. The first-order valence-electron chi connectivity index (χ1n) is 6.50. The average Bonchev–Trinajstić information content (AvgIpc) is 3.12. The van der Waals surface area contributed by atoms with Gasteiger partial charge in [-0.05, 0) is 18.9 Å². The average molecular weight is 274 g/mol. The third-order valence-electron chi connectivity index (χ3n) is 3.40. The van der Waals surface area contributed by atoms with Crippen LogP contribution in [0.1, 0.15) is 47.9 Å². The summed E-state index contributed by atoms with van der Waals surface area (Å²) in [5.74, 6) is 0.573. The van der Waals surface area contributed by atoms with E-state index in [0.29, 0.717) is 11.7 Å². The summed E-state index contributed by atoms with van der Waals surface area (Å²) < 4.78 is 0.972. The molecule has 2 aromatic rings. The molecule has 0 aliphatic heterocycles. The van der Waals surface area contributed by atoms with Crippen molar-refractivity contribution in [3.05, 3.63) is 40.6 Å². The molecule has 104 valence electrons. The van der Waals surface area contributed by atoms with Crippen LogP contribution in [-0.4, -0.2) is 30.7 Å². The molecule has 2 aromatic heterocycles. The van der Waals surface area contributed by atoms with Crippen molar-refractivity contribution >= 4 is 5.91 Å². The fourth-order valence-electron chi connectivity index (χ4n) is 2.38. The lowest BCUT2D eigenvalue weighted by atomic mass is 10.1. The predicted octanol–water partition coefficient (Wildman–Crippen LogP) is 0.403. The van der Waals surface area contributed by atoms with Crippen molar-refractivity contribution in [2.45, 2.75) is 31.6 Å². The number of amides is 1. The van der Waals surface area contributed by atoms with Gasteiger partial charge in [-0.25, -0.2) is 19.9 Å². The Hall–Kier alpha value is -2.51. The number of aromatic amines is 1. The maximum Gasteiger partial charge on any atom is 0.362 e. The number of aromatic nitrogens is 5. The molecule has 0 atom stereocenters. The summed E-state index contributed by atoms with van der Waals surface area (Å²) in [6, 6.07) is 1.53. The van der Waals surface area contributed by atoms with E-state index in [1.807, 2.05) is 0 Å². The van der Waals surface area contributed by atoms with E-state index in [1.165, 1.54) is 25.2 Å². The lowest BCUT2D eigenvalue weighted by molar-refractivity contribution is 0.100. The van der Waals surface area contributed by atoms with Crippen molar-refractivity contribution in [2.75, 3.05) is 5.43 Å². The summed E-state index contributed by atoms with van der Waals surface area (Å²) in [4.78, 5) is 31.8. The highest BCUT2D eigenvalue weighted by molar-refractivity contribution is 5.98. The minimum Gasteiger partial charge on any atom is -0.266 e. The second kappa shape index (κ2) is 5.24. The number of rotatable bonds is 3. The van der Waals surface area contributed by atoms with Crippen molar-refractivity contribution in [1.82, 2.24) is 24.8 Å². The first-order chi connectivity index (χ1) is 9.74. The lowest BCUT2D eigenvalue weighted by Crippen LogP contribution is -2.31. The van der Waals surface area contributed by atoms with Gasteiger partial charge >= 0.3 is 5.69 Å². The van der Waals surface area contributed by atoms with Crippen molar-refractivity contribution in [3.8, 4) is 0 Å². The molecule has 1 aliphatic carbocycles. The zero-order valence-corrected chi connectivity index (χ0v) is 10.7. The smallest absolute Gasteiger partial charge is 0.266 e. The molecule has 0 unspecified atom stereocenters. The molecular formula is C12H14N6O2. The molecule has 20 heavy (non-hydrogen) atoms. The third-order valence-corrected chi connectivity index (χ3v) is 3.40. The molecule has 8 heteroatoms. The topological polar surface area (TPSA) is 106 Å². The monoisotopic (exact) mass is 274 g/mol. The summed E-state index contributed by atoms with van der Waals surface area (Å²) in [6.07, 6.45) is 7.25. The number of nitrogens with zero attached hydrogens (tertiary/aromatic N) is 4. The molecule has 1 fully saturated rings. The molecule has 0 spiro atoms. The Morgan fingerprint density at radius 3 is 2.90 bits per heavy atom. The predicted molar refractivity (Wildman–Crippen MR) is 69.8 cm³/mol. The Morgan fingerprint density at radius 2 is 2.20 bits per heavy atom. The Bertz CT molecular complexity index is 670. The van der Waals surface area contributed by atoms with E-state index >= 15 is 0 Å². The van der Waals surface area contributed by atoms with Crippen LogP contribution in [0, 0.1) is 0 Å². The van der Waals surface area contributed by atoms with Gasteiger partial charge in [-0.1, -0.05) is 12.8 Å². The Morgan fingerprint density at radius 1 is 1.40 bits per heavy atom. The maximum absolute atomic E-state index is 12.0. The summed E-state index contributed by atoms with van der Waals surface area (Å²) >= 11 is 0. The van der Waals surface area contributed by atoms with Crippen LogP contribution in [-0.2, 0) is 0 Å². The minimum atomic E-state index is -0.511. The molecule has 1 saturated carbocycles. The van der Waals surface area contributed by atoms with Crippen LogP contribution in [0.4, 0.5) is 0 Å². The standard InChI is InChI=1S/C12H14N6O2/c19-11(17-18-7-14-16-12(18)20)9-5-6-13-10(15-9)8-3-1-2-4-8/h5-8H,1-4H2,(H,16,20)(H,17,19). The summed E-state index contributed by atoms with van der Waals surface area (Å²) in [7, 11) is 0. The molecule has 2 N–H and O–H groups in total. The maximum atomic E-state index is 12.0. The van der Waals surface area contributed by atoms with Crippen LogP contribution in [0.5, 0.6) is 0 Å². The molecule has 0 radical (unpaired) electrons. The SMILES string of the molecule is O=C(Nn1cn[nH]c1=O)c1ccnc(C2CCCC2)n1. The Kier molecular flexibility index (Phi) is 3.28. The number of carbonyl (C=O) groups is 1. The van der Waals surface area contributed by atoms with Crippen molar-refractivity contribution in [2.24, 2.45) is 0 Å². The van der Waals surface area contributed by atoms with Crippen molar-refractivity contribution in [3.63, 3.8) is 0 Å². The van der Waals surface area contributed by atoms with Gasteiger partial charge < -0.3 is 0 Å². The zero-order chi connectivity index (χ0) is 13.9. The highest BCUT2D eigenvalue weighted by atomic mass is 16.2. The fourth-order valence-corrected chi connectivity index (χ4v) is 2.38. The first-order valence-corrected chi connectivity index (χ1v) is 6.50. The van der Waals surface area contributed by atoms with Gasteiger partial charge in [0.1, 0.15) is 17.8 Å². The normalized spacial score (nSPS) is 15.4. The van der Waals surface area contributed by atoms with Crippen LogP contribution in [0.25, 0.3) is 0 Å². The van der Waals surface area contributed by atoms with Crippen molar-refractivity contribution < 1.29 is 4.79 Å². The van der Waals surface area contributed by atoms with Gasteiger partial charge in [0, 0.05) is 12.1 Å². The van der Waals surface area contributed by atoms with Gasteiger partial charge in [0.15, 0.2) is 0 Å². The zero-order valence-electron chi connectivity index (χ0n) is 10.7. The molecule has 1 amide bonds. The van der Waals surface area contributed by atoms with E-state index in [4.69, 9.17) is 0 Å². The number of hydrogen-bond acceptors (Lipinski definition) is 5. The second-order valence-electron chi connectivity index (χ2n) is 4.75. The summed E-state index contributed by atoms with van der Waals surface area (Å²) in [5.41, 5.74) is 2.14. The van der Waals surface area contributed by atoms with Gasteiger partial charge in [-0.3, -0.25) is 10.2 Å². The molecular weight excluding hydrogens is 260 g/mol. The van der Waals surface area contributed by atoms with Crippen LogP contribution >= 0.6 is 0 Å². The minimum absolute atomic E-state index is 0.245. The second-order valence-corrected chi connectivity index (χ2v) is 4.75. The Balaban J connectivity index is 1.79. The van der Waals surface area contributed by atoms with E-state index in [2.05, 4.69) is 25.6 Å². The van der Waals surface area contributed by atoms with Crippen LogP contribution in [0.3, 0.4) is 0 Å². The molecule has 0 saturated heterocycles. The van der Waals surface area contributed by atoms with Crippen LogP contribution in [0.2, 0.25) is 0 Å². The molecule has 1 aliphatic rings. The van der Waals surface area contributed by atoms with E-state index in [9.17, 15) is 9.59 Å².